The molecular formula is C18H21ClN2S. The number of nitrogens with one attached hydrogen (secondary N) is 2. The first-order valence-electron chi connectivity index (χ1n) is 7.52. The third kappa shape index (κ3) is 5.32. The first-order chi connectivity index (χ1) is 10.7. The number of thiocarbonyl (C=S) groups is 1. The van der Waals surface area contributed by atoms with Gasteiger partial charge < -0.3 is 10.6 Å². The third-order valence-corrected chi connectivity index (χ3v) is 4.19. The largest absolute Gasteiger partial charge is 0.362 e. The second kappa shape index (κ2) is 8.76. The average molecular weight is 333 g/mol. The van der Waals surface area contributed by atoms with Gasteiger partial charge in [0.2, 0.25) is 0 Å². The molecule has 2 rings (SSSR count). The molecule has 2 nitrogen and oxygen atoms in total. The minimum atomic E-state index is 0.549. The van der Waals surface area contributed by atoms with E-state index < -0.39 is 0 Å². The molecule has 22 heavy (non-hydrogen) atoms. The molecule has 4 heteroatoms. The number of hydrogen-bond donors (Lipinski definition) is 2. The summed E-state index contributed by atoms with van der Waals surface area (Å²) >= 11 is 11.5. The molecule has 1 unspecified atom stereocenters. The van der Waals surface area contributed by atoms with Crippen LogP contribution < -0.4 is 10.6 Å². The number of anilines is 1. The maximum Gasteiger partial charge on any atom is 0.170 e. The number of hydrogen-bond acceptors (Lipinski definition) is 1. The average Bonchev–Trinajstić information content (AvgIpc) is 2.54. The molecule has 0 aromatic heterocycles. The summed E-state index contributed by atoms with van der Waals surface area (Å²) in [5.41, 5.74) is 2.19. The normalized spacial score (nSPS) is 11.7. The molecule has 0 heterocycles. The summed E-state index contributed by atoms with van der Waals surface area (Å²) in [6, 6.07) is 18.1. The molecule has 1 atom stereocenters. The lowest BCUT2D eigenvalue weighted by Crippen LogP contribution is -2.33. The summed E-state index contributed by atoms with van der Waals surface area (Å²) in [5.74, 6) is 0.549. The minimum Gasteiger partial charge on any atom is -0.362 e. The lowest BCUT2D eigenvalue weighted by Gasteiger charge is -2.18. The van der Waals surface area contributed by atoms with E-state index in [9.17, 15) is 0 Å². The van der Waals surface area contributed by atoms with Gasteiger partial charge in [-0.25, -0.2) is 0 Å². The second-order valence-electron chi connectivity index (χ2n) is 5.28. The van der Waals surface area contributed by atoms with Gasteiger partial charge in [-0.3, -0.25) is 0 Å². The van der Waals surface area contributed by atoms with Crippen molar-refractivity contribution in [3.05, 3.63) is 65.2 Å². The van der Waals surface area contributed by atoms with Crippen LogP contribution in [0.2, 0.25) is 5.02 Å². The highest BCUT2D eigenvalue weighted by molar-refractivity contribution is 7.80. The van der Waals surface area contributed by atoms with Crippen molar-refractivity contribution in [1.29, 1.82) is 0 Å². The number of para-hydroxylation sites is 1. The quantitative estimate of drug-likeness (QED) is 0.736. The lowest BCUT2D eigenvalue weighted by atomic mass is 9.97. The van der Waals surface area contributed by atoms with Crippen LogP contribution in [0.25, 0.3) is 0 Å². The van der Waals surface area contributed by atoms with Crippen molar-refractivity contribution in [3.63, 3.8) is 0 Å². The lowest BCUT2D eigenvalue weighted by molar-refractivity contribution is 0.498. The molecule has 2 N–H and O–H groups in total. The van der Waals surface area contributed by atoms with Crippen LogP contribution in [0.4, 0.5) is 5.69 Å². The summed E-state index contributed by atoms with van der Waals surface area (Å²) in [6.45, 7) is 3.06. The molecule has 0 spiro atoms. The molecule has 116 valence electrons. The molecule has 0 aliphatic heterocycles. The van der Waals surface area contributed by atoms with E-state index in [4.69, 9.17) is 23.8 Å². The van der Waals surface area contributed by atoms with Crippen LogP contribution in [0.1, 0.15) is 18.9 Å². The fourth-order valence-electron chi connectivity index (χ4n) is 2.27. The zero-order valence-corrected chi connectivity index (χ0v) is 14.3. The molecule has 0 aliphatic carbocycles. The van der Waals surface area contributed by atoms with E-state index in [0.29, 0.717) is 16.1 Å². The summed E-state index contributed by atoms with van der Waals surface area (Å²) in [4.78, 5) is 0. The van der Waals surface area contributed by atoms with E-state index in [0.717, 1.165) is 25.1 Å². The fraction of sp³-hybridized carbons (Fsp3) is 0.278. The maximum atomic E-state index is 6.12. The van der Waals surface area contributed by atoms with E-state index in [1.54, 1.807) is 0 Å². The smallest absolute Gasteiger partial charge is 0.170 e. The van der Waals surface area contributed by atoms with Crippen molar-refractivity contribution >= 4 is 34.6 Å². The van der Waals surface area contributed by atoms with E-state index in [1.807, 2.05) is 30.3 Å². The van der Waals surface area contributed by atoms with Crippen LogP contribution >= 0.6 is 23.8 Å². The van der Waals surface area contributed by atoms with Crippen LogP contribution in [0.5, 0.6) is 0 Å². The molecular weight excluding hydrogens is 312 g/mol. The Morgan fingerprint density at radius 3 is 2.45 bits per heavy atom. The summed E-state index contributed by atoms with van der Waals surface area (Å²) in [7, 11) is 0. The molecule has 0 radical (unpaired) electrons. The molecule has 0 aliphatic rings. The summed E-state index contributed by atoms with van der Waals surface area (Å²) in [5, 5.41) is 7.71. The Kier molecular flexibility index (Phi) is 6.69. The van der Waals surface area contributed by atoms with Crippen LogP contribution in [0.3, 0.4) is 0 Å². The zero-order chi connectivity index (χ0) is 15.8. The standard InChI is InChI=1S/C18H21ClN2S/c1-2-14(12-15-8-4-3-5-9-15)13-20-18(22)21-17-11-7-6-10-16(17)19/h3-11,14H,2,12-13H2,1H3,(H2,20,21,22). The molecule has 2 aromatic rings. The second-order valence-corrected chi connectivity index (χ2v) is 6.09. The van der Waals surface area contributed by atoms with Crippen molar-refractivity contribution in [2.24, 2.45) is 5.92 Å². The molecule has 0 amide bonds. The Balaban J connectivity index is 1.83. The Morgan fingerprint density at radius 1 is 1.09 bits per heavy atom. The molecule has 2 aromatic carbocycles. The number of benzene rings is 2. The Morgan fingerprint density at radius 2 is 1.77 bits per heavy atom. The van der Waals surface area contributed by atoms with Gasteiger partial charge in [-0.05, 0) is 42.3 Å². The van der Waals surface area contributed by atoms with Gasteiger partial charge in [-0.1, -0.05) is 67.4 Å². The first kappa shape index (κ1) is 16.8. The molecule has 0 saturated heterocycles. The number of rotatable bonds is 6. The van der Waals surface area contributed by atoms with E-state index in [2.05, 4.69) is 41.8 Å². The van der Waals surface area contributed by atoms with E-state index in [1.165, 1.54) is 5.56 Å². The fourth-order valence-corrected chi connectivity index (χ4v) is 2.65. The van der Waals surface area contributed by atoms with Crippen LogP contribution in [-0.2, 0) is 6.42 Å². The van der Waals surface area contributed by atoms with Gasteiger partial charge in [0.15, 0.2) is 5.11 Å². The topological polar surface area (TPSA) is 24.1 Å². The predicted octanol–water partition coefficient (Wildman–Crippen LogP) is 4.90. The maximum absolute atomic E-state index is 6.12. The van der Waals surface area contributed by atoms with Crippen LogP contribution in [-0.4, -0.2) is 11.7 Å². The van der Waals surface area contributed by atoms with Gasteiger partial charge in [-0.2, -0.15) is 0 Å². The van der Waals surface area contributed by atoms with Crippen molar-refractivity contribution in [2.45, 2.75) is 19.8 Å². The molecule has 0 fully saturated rings. The highest BCUT2D eigenvalue weighted by Crippen LogP contribution is 2.20. The van der Waals surface area contributed by atoms with Gasteiger partial charge in [0, 0.05) is 6.54 Å². The predicted molar refractivity (Wildman–Crippen MR) is 99.6 cm³/mol. The summed E-state index contributed by atoms with van der Waals surface area (Å²) < 4.78 is 0. The van der Waals surface area contributed by atoms with Crippen molar-refractivity contribution in [1.82, 2.24) is 5.32 Å². The Bertz CT molecular complexity index is 601. The van der Waals surface area contributed by atoms with Gasteiger partial charge in [-0.15, -0.1) is 0 Å². The van der Waals surface area contributed by atoms with Crippen LogP contribution in [0, 0.1) is 5.92 Å². The number of halogens is 1. The SMILES string of the molecule is CCC(CNC(=S)Nc1ccccc1Cl)Cc1ccccc1. The Hall–Kier alpha value is -1.58. The molecule has 0 bridgehead atoms. The van der Waals surface area contributed by atoms with Crippen molar-refractivity contribution < 1.29 is 0 Å². The zero-order valence-electron chi connectivity index (χ0n) is 12.7. The highest BCUT2D eigenvalue weighted by atomic mass is 35.5. The van der Waals surface area contributed by atoms with Crippen molar-refractivity contribution in [2.75, 3.05) is 11.9 Å². The monoisotopic (exact) mass is 332 g/mol. The van der Waals surface area contributed by atoms with E-state index in [-0.39, 0.29) is 0 Å². The highest BCUT2D eigenvalue weighted by Gasteiger charge is 2.09. The van der Waals surface area contributed by atoms with Crippen molar-refractivity contribution in [3.8, 4) is 0 Å². The van der Waals surface area contributed by atoms with Gasteiger partial charge in [0.1, 0.15) is 0 Å². The molecule has 0 saturated carbocycles. The first-order valence-corrected chi connectivity index (χ1v) is 8.31. The third-order valence-electron chi connectivity index (χ3n) is 3.62. The van der Waals surface area contributed by atoms with Gasteiger partial charge >= 0.3 is 0 Å². The summed E-state index contributed by atoms with van der Waals surface area (Å²) in [6.07, 6.45) is 2.16. The van der Waals surface area contributed by atoms with Crippen LogP contribution in [0.15, 0.2) is 54.6 Å². The Labute approximate surface area is 142 Å². The van der Waals surface area contributed by atoms with Gasteiger partial charge in [0.05, 0.1) is 10.7 Å². The van der Waals surface area contributed by atoms with Gasteiger partial charge in [0.25, 0.3) is 0 Å². The van der Waals surface area contributed by atoms with E-state index >= 15 is 0 Å². The minimum absolute atomic E-state index is 0.549.